The molecule has 1 aromatic heterocycles. The summed E-state index contributed by atoms with van der Waals surface area (Å²) in [5.41, 5.74) is 0.954. The van der Waals surface area contributed by atoms with Gasteiger partial charge in [0.15, 0.2) is 0 Å². The van der Waals surface area contributed by atoms with Crippen LogP contribution in [0.5, 0.6) is 0 Å². The highest BCUT2D eigenvalue weighted by Gasteiger charge is 2.26. The average molecular weight is 455 g/mol. The van der Waals surface area contributed by atoms with Gasteiger partial charge in [-0.3, -0.25) is 14.2 Å². The van der Waals surface area contributed by atoms with E-state index in [-0.39, 0.29) is 22.8 Å². The monoisotopic (exact) mass is 454 g/mol. The van der Waals surface area contributed by atoms with Gasteiger partial charge in [-0.15, -0.1) is 0 Å². The van der Waals surface area contributed by atoms with Gasteiger partial charge in [0.05, 0.1) is 22.1 Å². The van der Waals surface area contributed by atoms with Gasteiger partial charge < -0.3 is 5.32 Å². The number of rotatable bonds is 7. The largest absolute Gasteiger partial charge is 0.326 e. The first-order valence-electron chi connectivity index (χ1n) is 10.8. The van der Waals surface area contributed by atoms with E-state index >= 15 is 0 Å². The number of amides is 1. The van der Waals surface area contributed by atoms with Crippen molar-refractivity contribution in [2.75, 3.05) is 18.4 Å². The minimum Gasteiger partial charge on any atom is -0.326 e. The summed E-state index contributed by atoms with van der Waals surface area (Å²) < 4.78 is 28.7. The fourth-order valence-electron chi connectivity index (χ4n) is 3.89. The summed E-state index contributed by atoms with van der Waals surface area (Å²) in [5, 5.41) is 3.31. The molecule has 4 rings (SSSR count). The summed E-state index contributed by atoms with van der Waals surface area (Å²) in [5.74, 6) is -0.237. The molecular weight excluding hydrogens is 428 g/mol. The van der Waals surface area contributed by atoms with E-state index in [1.807, 2.05) is 6.07 Å². The molecule has 1 saturated heterocycles. The van der Waals surface area contributed by atoms with E-state index in [0.29, 0.717) is 42.6 Å². The lowest BCUT2D eigenvalue weighted by atomic mass is 10.2. The lowest BCUT2D eigenvalue weighted by Crippen LogP contribution is -2.35. The predicted molar refractivity (Wildman–Crippen MR) is 123 cm³/mol. The maximum atomic E-state index is 12.9. The number of fused-ring (bicyclic) bond motifs is 1. The molecule has 1 amide bonds. The molecule has 0 spiro atoms. The number of hydrogen-bond acceptors (Lipinski definition) is 5. The van der Waals surface area contributed by atoms with Crippen LogP contribution in [0.2, 0.25) is 0 Å². The highest BCUT2D eigenvalue weighted by Crippen LogP contribution is 2.23. The van der Waals surface area contributed by atoms with Crippen molar-refractivity contribution in [2.45, 2.75) is 43.5 Å². The van der Waals surface area contributed by atoms with Crippen molar-refractivity contribution in [1.82, 2.24) is 13.9 Å². The molecular formula is C23H26N4O4S. The Bertz CT molecular complexity index is 1280. The van der Waals surface area contributed by atoms with Crippen molar-refractivity contribution < 1.29 is 13.2 Å². The van der Waals surface area contributed by atoms with Crippen LogP contribution in [0.1, 0.15) is 32.1 Å². The second kappa shape index (κ2) is 9.62. The third kappa shape index (κ3) is 4.89. The number of aryl methyl sites for hydroxylation is 1. The van der Waals surface area contributed by atoms with Crippen LogP contribution in [0, 0.1) is 0 Å². The van der Waals surface area contributed by atoms with Crippen LogP contribution in [0.25, 0.3) is 10.9 Å². The summed E-state index contributed by atoms with van der Waals surface area (Å²) in [6, 6.07) is 13.5. The molecule has 2 aromatic carbocycles. The SMILES string of the molecule is O=C(CCCn1cnc2ccccc2c1=O)Nc1cccc(S(=O)(=O)N2CCCCC2)c1. The van der Waals surface area contributed by atoms with E-state index in [4.69, 9.17) is 0 Å². The van der Waals surface area contributed by atoms with Gasteiger partial charge in [-0.25, -0.2) is 13.4 Å². The van der Waals surface area contributed by atoms with Crippen LogP contribution >= 0.6 is 0 Å². The lowest BCUT2D eigenvalue weighted by Gasteiger charge is -2.26. The zero-order chi connectivity index (χ0) is 22.6. The van der Waals surface area contributed by atoms with Gasteiger partial charge >= 0.3 is 0 Å². The van der Waals surface area contributed by atoms with E-state index in [2.05, 4.69) is 10.3 Å². The maximum absolute atomic E-state index is 12.9. The summed E-state index contributed by atoms with van der Waals surface area (Å²) in [7, 11) is -3.56. The number of nitrogens with zero attached hydrogens (tertiary/aromatic N) is 3. The third-order valence-electron chi connectivity index (χ3n) is 5.60. The first-order chi connectivity index (χ1) is 15.4. The fraction of sp³-hybridized carbons (Fsp3) is 0.348. The Labute approximate surface area is 186 Å². The van der Waals surface area contributed by atoms with Gasteiger partial charge in [0.2, 0.25) is 15.9 Å². The van der Waals surface area contributed by atoms with Gasteiger partial charge in [-0.1, -0.05) is 24.6 Å². The average Bonchev–Trinajstić information content (AvgIpc) is 2.81. The van der Waals surface area contributed by atoms with Crippen LogP contribution < -0.4 is 10.9 Å². The Hall–Kier alpha value is -3.04. The Morgan fingerprint density at radius 1 is 1.03 bits per heavy atom. The molecule has 0 radical (unpaired) electrons. The fourth-order valence-corrected chi connectivity index (χ4v) is 5.45. The van der Waals surface area contributed by atoms with Crippen molar-refractivity contribution >= 4 is 32.5 Å². The zero-order valence-electron chi connectivity index (χ0n) is 17.7. The maximum Gasteiger partial charge on any atom is 0.261 e. The predicted octanol–water partition coefficient (Wildman–Crippen LogP) is 2.99. The smallest absolute Gasteiger partial charge is 0.261 e. The molecule has 168 valence electrons. The molecule has 1 aliphatic rings. The van der Waals surface area contributed by atoms with E-state index < -0.39 is 10.0 Å². The molecule has 0 saturated carbocycles. The van der Waals surface area contributed by atoms with E-state index in [0.717, 1.165) is 19.3 Å². The second-order valence-corrected chi connectivity index (χ2v) is 9.84. The quantitative estimate of drug-likeness (QED) is 0.591. The van der Waals surface area contributed by atoms with Gasteiger partial charge in [-0.05, 0) is 49.6 Å². The molecule has 1 fully saturated rings. The van der Waals surface area contributed by atoms with Crippen molar-refractivity contribution in [3.8, 4) is 0 Å². The summed E-state index contributed by atoms with van der Waals surface area (Å²) in [4.78, 5) is 29.4. The first-order valence-corrected chi connectivity index (χ1v) is 12.2. The number of carbonyl (C=O) groups excluding carboxylic acids is 1. The van der Waals surface area contributed by atoms with Crippen LogP contribution in [-0.2, 0) is 21.4 Å². The first kappa shape index (κ1) is 22.2. The standard InChI is InChI=1S/C23H26N4O4S/c28-22(12-7-13-26-17-24-21-11-3-2-10-20(21)23(26)29)25-18-8-6-9-19(16-18)32(30,31)27-14-4-1-5-15-27/h2-3,6,8-11,16-17H,1,4-5,7,12-15H2,(H,25,28). The third-order valence-corrected chi connectivity index (χ3v) is 7.50. The summed E-state index contributed by atoms with van der Waals surface area (Å²) in [6.45, 7) is 1.43. The molecule has 0 unspecified atom stereocenters. The van der Waals surface area contributed by atoms with E-state index in [1.165, 1.54) is 21.3 Å². The van der Waals surface area contributed by atoms with Crippen molar-refractivity contribution in [3.63, 3.8) is 0 Å². The number of anilines is 1. The number of hydrogen-bond donors (Lipinski definition) is 1. The molecule has 32 heavy (non-hydrogen) atoms. The number of benzene rings is 2. The molecule has 3 aromatic rings. The van der Waals surface area contributed by atoms with Crippen LogP contribution in [-0.4, -0.2) is 41.3 Å². The van der Waals surface area contributed by atoms with Crippen LogP contribution in [0.3, 0.4) is 0 Å². The molecule has 2 heterocycles. The molecule has 1 N–H and O–H groups in total. The minimum absolute atomic E-state index is 0.133. The Balaban J connectivity index is 1.36. The van der Waals surface area contributed by atoms with Crippen molar-refractivity contribution in [3.05, 3.63) is 65.2 Å². The number of sulfonamides is 1. The number of piperidine rings is 1. The molecule has 1 aliphatic heterocycles. The molecule has 0 atom stereocenters. The molecule has 8 nitrogen and oxygen atoms in total. The molecule has 9 heteroatoms. The highest BCUT2D eigenvalue weighted by atomic mass is 32.2. The van der Waals surface area contributed by atoms with Gasteiger partial charge in [-0.2, -0.15) is 4.31 Å². The number of carbonyl (C=O) groups is 1. The summed E-state index contributed by atoms with van der Waals surface area (Å²) in [6.07, 6.45) is 4.93. The Morgan fingerprint density at radius 2 is 1.81 bits per heavy atom. The van der Waals surface area contributed by atoms with Gasteiger partial charge in [0.25, 0.3) is 5.56 Å². The van der Waals surface area contributed by atoms with Crippen molar-refractivity contribution in [2.24, 2.45) is 0 Å². The Morgan fingerprint density at radius 3 is 2.62 bits per heavy atom. The number of aromatic nitrogens is 2. The van der Waals surface area contributed by atoms with Crippen LogP contribution in [0.4, 0.5) is 5.69 Å². The van der Waals surface area contributed by atoms with Gasteiger partial charge in [0.1, 0.15) is 0 Å². The highest BCUT2D eigenvalue weighted by molar-refractivity contribution is 7.89. The van der Waals surface area contributed by atoms with Crippen molar-refractivity contribution in [1.29, 1.82) is 0 Å². The van der Waals surface area contributed by atoms with E-state index in [1.54, 1.807) is 36.4 Å². The topological polar surface area (TPSA) is 101 Å². The second-order valence-electron chi connectivity index (χ2n) is 7.90. The number of para-hydroxylation sites is 1. The minimum atomic E-state index is -3.56. The normalized spacial score (nSPS) is 15.0. The van der Waals surface area contributed by atoms with Gasteiger partial charge in [0, 0.05) is 31.7 Å². The van der Waals surface area contributed by atoms with E-state index in [9.17, 15) is 18.0 Å². The molecule has 0 bridgehead atoms. The van der Waals surface area contributed by atoms with Crippen LogP contribution in [0.15, 0.2) is 64.5 Å². The summed E-state index contributed by atoms with van der Waals surface area (Å²) >= 11 is 0. The zero-order valence-corrected chi connectivity index (χ0v) is 18.6. The number of nitrogens with one attached hydrogen (secondary N) is 1. The molecule has 0 aliphatic carbocycles. The Kier molecular flexibility index (Phi) is 6.66. The lowest BCUT2D eigenvalue weighted by molar-refractivity contribution is -0.116.